The fourth-order valence-corrected chi connectivity index (χ4v) is 2.22. The lowest BCUT2D eigenvalue weighted by molar-refractivity contribution is 0.0999. The molecule has 0 radical (unpaired) electrons. The van der Waals surface area contributed by atoms with Crippen molar-refractivity contribution in [3.8, 4) is 0 Å². The molecule has 0 aromatic carbocycles. The quantitative estimate of drug-likeness (QED) is 0.443. The molecule has 0 spiro atoms. The molecule has 9 heteroatoms. The number of nitrogens with one attached hydrogen (secondary N) is 2. The Morgan fingerprint density at radius 2 is 1.82 bits per heavy atom. The van der Waals surface area contributed by atoms with Crippen LogP contribution < -0.4 is 16.4 Å². The molecular formula is C19H18N8O. The first-order valence-corrected chi connectivity index (χ1v) is 8.33. The van der Waals surface area contributed by atoms with E-state index in [-0.39, 0.29) is 11.5 Å². The summed E-state index contributed by atoms with van der Waals surface area (Å²) in [5.41, 5.74) is 8.62. The van der Waals surface area contributed by atoms with Crippen molar-refractivity contribution in [1.29, 1.82) is 0 Å². The number of aromatic nitrogens is 4. The number of amides is 1. The number of pyridine rings is 2. The second-order valence-corrected chi connectivity index (χ2v) is 5.66. The van der Waals surface area contributed by atoms with E-state index in [0.717, 1.165) is 5.69 Å². The van der Waals surface area contributed by atoms with Crippen LogP contribution in [0.15, 0.2) is 72.6 Å². The maximum absolute atomic E-state index is 12.6. The molecule has 0 bridgehead atoms. The standard InChI is InChI=1S/C19H18N8O/c1-13-2-3-16(26-15-10-22-12-23-11-15)18(25-13)19(28)27-17(20)6-9-24-14-4-7-21-8-5-14/h2-12,26H,1H3,(H,21,24)(H2,20,27,28)/b9-6-. The monoisotopic (exact) mass is 374 g/mol. The molecule has 28 heavy (non-hydrogen) atoms. The summed E-state index contributed by atoms with van der Waals surface area (Å²) >= 11 is 0. The van der Waals surface area contributed by atoms with Gasteiger partial charge in [-0.2, -0.15) is 4.99 Å². The van der Waals surface area contributed by atoms with Crippen molar-refractivity contribution in [2.75, 3.05) is 10.6 Å². The number of nitrogens with zero attached hydrogens (tertiary/aromatic N) is 5. The number of hydrogen-bond acceptors (Lipinski definition) is 7. The Balaban J connectivity index is 1.75. The van der Waals surface area contributed by atoms with Crippen LogP contribution in [0.4, 0.5) is 17.1 Å². The van der Waals surface area contributed by atoms with E-state index in [2.05, 4.69) is 35.6 Å². The molecule has 0 atom stereocenters. The van der Waals surface area contributed by atoms with Crippen LogP contribution in [0, 0.1) is 6.92 Å². The fourth-order valence-electron chi connectivity index (χ4n) is 2.22. The van der Waals surface area contributed by atoms with Crippen LogP contribution in [0.2, 0.25) is 0 Å². The number of aliphatic imine (C=N–C) groups is 1. The van der Waals surface area contributed by atoms with E-state index in [4.69, 9.17) is 5.73 Å². The first-order valence-electron chi connectivity index (χ1n) is 8.33. The first-order chi connectivity index (χ1) is 13.6. The van der Waals surface area contributed by atoms with Crippen molar-refractivity contribution in [2.45, 2.75) is 6.92 Å². The Morgan fingerprint density at radius 1 is 1.07 bits per heavy atom. The van der Waals surface area contributed by atoms with E-state index in [1.54, 1.807) is 62.2 Å². The van der Waals surface area contributed by atoms with Crippen molar-refractivity contribution in [1.82, 2.24) is 19.9 Å². The highest BCUT2D eigenvalue weighted by atomic mass is 16.1. The van der Waals surface area contributed by atoms with Crippen LogP contribution in [0.25, 0.3) is 0 Å². The minimum absolute atomic E-state index is 0.0452. The van der Waals surface area contributed by atoms with Crippen molar-refractivity contribution in [3.63, 3.8) is 0 Å². The van der Waals surface area contributed by atoms with E-state index >= 15 is 0 Å². The van der Waals surface area contributed by atoms with Crippen LogP contribution in [0.5, 0.6) is 0 Å². The number of amidine groups is 1. The molecule has 0 fully saturated rings. The van der Waals surface area contributed by atoms with E-state index in [1.165, 1.54) is 12.4 Å². The topological polar surface area (TPSA) is 131 Å². The second-order valence-electron chi connectivity index (χ2n) is 5.66. The van der Waals surface area contributed by atoms with Gasteiger partial charge in [-0.1, -0.05) is 0 Å². The van der Waals surface area contributed by atoms with E-state index in [9.17, 15) is 4.79 Å². The van der Waals surface area contributed by atoms with Gasteiger partial charge in [0.15, 0.2) is 5.69 Å². The highest BCUT2D eigenvalue weighted by molar-refractivity contribution is 6.08. The predicted octanol–water partition coefficient (Wildman–Crippen LogP) is 2.44. The molecule has 3 aromatic heterocycles. The molecule has 4 N–H and O–H groups in total. The molecule has 3 heterocycles. The van der Waals surface area contributed by atoms with Crippen LogP contribution in [0.3, 0.4) is 0 Å². The van der Waals surface area contributed by atoms with Gasteiger partial charge in [-0.15, -0.1) is 0 Å². The number of anilines is 3. The van der Waals surface area contributed by atoms with Gasteiger partial charge in [0, 0.05) is 30.0 Å². The van der Waals surface area contributed by atoms with E-state index < -0.39 is 5.91 Å². The molecule has 0 aliphatic rings. The summed E-state index contributed by atoms with van der Waals surface area (Å²) in [6.07, 6.45) is 11.0. The predicted molar refractivity (Wildman–Crippen MR) is 107 cm³/mol. The Morgan fingerprint density at radius 3 is 2.57 bits per heavy atom. The molecule has 0 unspecified atom stereocenters. The molecule has 3 aromatic rings. The number of carbonyl (C=O) groups excluding carboxylic acids is 1. The number of rotatable bonds is 6. The summed E-state index contributed by atoms with van der Waals surface area (Å²) in [4.78, 5) is 32.6. The Bertz CT molecular complexity index is 1000. The maximum atomic E-state index is 12.6. The average molecular weight is 374 g/mol. The van der Waals surface area contributed by atoms with E-state index in [0.29, 0.717) is 17.1 Å². The molecule has 9 nitrogen and oxygen atoms in total. The Labute approximate surface area is 161 Å². The highest BCUT2D eigenvalue weighted by Gasteiger charge is 2.14. The molecule has 0 aliphatic carbocycles. The van der Waals surface area contributed by atoms with Gasteiger partial charge >= 0.3 is 0 Å². The summed E-state index contributed by atoms with van der Waals surface area (Å²) in [6.45, 7) is 1.79. The van der Waals surface area contributed by atoms with Crippen LogP contribution in [0.1, 0.15) is 16.2 Å². The Kier molecular flexibility index (Phi) is 5.99. The normalized spacial score (nSPS) is 11.4. The molecule has 3 rings (SSSR count). The van der Waals surface area contributed by atoms with Gasteiger partial charge in [0.05, 0.1) is 23.8 Å². The lowest BCUT2D eigenvalue weighted by atomic mass is 10.2. The number of aryl methyl sites for hydroxylation is 1. The molecule has 0 saturated heterocycles. The summed E-state index contributed by atoms with van der Waals surface area (Å²) in [5, 5.41) is 6.07. The fraction of sp³-hybridized carbons (Fsp3) is 0.0526. The van der Waals surface area contributed by atoms with Gasteiger partial charge in [0.25, 0.3) is 5.91 Å². The smallest absolute Gasteiger partial charge is 0.299 e. The SMILES string of the molecule is Cc1ccc(Nc2cncnc2)c(C(=O)N=C(N)/C=C\Nc2ccncc2)n1. The first kappa shape index (κ1) is 18.6. The Hall–Kier alpha value is -4.14. The number of carbonyl (C=O) groups is 1. The van der Waals surface area contributed by atoms with Gasteiger partial charge in [0.2, 0.25) is 0 Å². The molecular weight excluding hydrogens is 356 g/mol. The lowest BCUT2D eigenvalue weighted by Gasteiger charge is -2.09. The summed E-state index contributed by atoms with van der Waals surface area (Å²) in [6, 6.07) is 7.12. The molecule has 0 saturated carbocycles. The molecule has 140 valence electrons. The summed E-state index contributed by atoms with van der Waals surface area (Å²) in [7, 11) is 0. The second kappa shape index (κ2) is 8.99. The summed E-state index contributed by atoms with van der Waals surface area (Å²) in [5.74, 6) is -0.516. The number of hydrogen-bond donors (Lipinski definition) is 3. The molecule has 0 aliphatic heterocycles. The van der Waals surface area contributed by atoms with Gasteiger partial charge < -0.3 is 16.4 Å². The maximum Gasteiger partial charge on any atom is 0.299 e. The summed E-state index contributed by atoms with van der Waals surface area (Å²) < 4.78 is 0. The van der Waals surface area contributed by atoms with Crippen LogP contribution >= 0.6 is 0 Å². The van der Waals surface area contributed by atoms with Crippen molar-refractivity contribution >= 4 is 28.8 Å². The van der Waals surface area contributed by atoms with Gasteiger partial charge in [-0.05, 0) is 37.3 Å². The van der Waals surface area contributed by atoms with Gasteiger partial charge in [-0.3, -0.25) is 9.78 Å². The largest absolute Gasteiger partial charge is 0.384 e. The zero-order valence-corrected chi connectivity index (χ0v) is 15.1. The number of nitrogens with two attached hydrogens (primary N) is 1. The third-order valence-electron chi connectivity index (χ3n) is 3.49. The molecule has 1 amide bonds. The van der Waals surface area contributed by atoms with Crippen molar-refractivity contribution in [2.24, 2.45) is 10.7 Å². The highest BCUT2D eigenvalue weighted by Crippen LogP contribution is 2.20. The van der Waals surface area contributed by atoms with Gasteiger partial charge in [-0.25, -0.2) is 15.0 Å². The minimum Gasteiger partial charge on any atom is -0.384 e. The average Bonchev–Trinajstić information content (AvgIpc) is 2.71. The zero-order valence-electron chi connectivity index (χ0n) is 15.1. The van der Waals surface area contributed by atoms with Crippen LogP contribution in [-0.2, 0) is 0 Å². The third-order valence-corrected chi connectivity index (χ3v) is 3.49. The van der Waals surface area contributed by atoms with E-state index in [1.807, 2.05) is 0 Å². The van der Waals surface area contributed by atoms with Gasteiger partial charge in [0.1, 0.15) is 12.2 Å². The minimum atomic E-state index is -0.561. The van der Waals surface area contributed by atoms with Crippen molar-refractivity contribution in [3.05, 3.63) is 79.0 Å². The lowest BCUT2D eigenvalue weighted by Crippen LogP contribution is -2.14. The third kappa shape index (κ3) is 5.18. The zero-order chi connectivity index (χ0) is 19.8. The van der Waals surface area contributed by atoms with Crippen molar-refractivity contribution < 1.29 is 4.79 Å². The van der Waals surface area contributed by atoms with Crippen LogP contribution in [-0.4, -0.2) is 31.7 Å².